The molecule has 0 aromatic heterocycles. The highest BCUT2D eigenvalue weighted by atomic mass is 16.5. The molecule has 1 unspecified atom stereocenters. The Labute approximate surface area is 302 Å². The molecule has 0 fully saturated rings. The highest BCUT2D eigenvalue weighted by molar-refractivity contribution is 5.82. The second kappa shape index (κ2) is 23.6. The zero-order valence-corrected chi connectivity index (χ0v) is 32.5. The summed E-state index contributed by atoms with van der Waals surface area (Å²) in [6, 6.07) is 0. The first kappa shape index (κ1) is 45.2. The molecule has 0 aliphatic carbocycles. The van der Waals surface area contributed by atoms with E-state index in [1.807, 2.05) is 58.9 Å². The Hall–Kier alpha value is -2.78. The third-order valence-corrected chi connectivity index (χ3v) is 9.13. The maximum atomic E-state index is 12.9. The fourth-order valence-electron chi connectivity index (χ4n) is 6.47. The summed E-state index contributed by atoms with van der Waals surface area (Å²) in [6.45, 7) is 19.4. The fourth-order valence-corrected chi connectivity index (χ4v) is 6.47. The Morgan fingerprint density at radius 1 is 0.960 bits per heavy atom. The number of carbonyl (C=O) groups excluding carboxylic acids is 2. The van der Waals surface area contributed by atoms with E-state index in [-0.39, 0.29) is 42.4 Å². The van der Waals surface area contributed by atoms with Gasteiger partial charge in [-0.3, -0.25) is 4.79 Å². The third-order valence-electron chi connectivity index (χ3n) is 9.13. The van der Waals surface area contributed by atoms with E-state index < -0.39 is 30.4 Å². The van der Waals surface area contributed by atoms with Gasteiger partial charge in [0, 0.05) is 24.8 Å². The van der Waals surface area contributed by atoms with Crippen LogP contribution in [0.4, 0.5) is 0 Å². The lowest BCUT2D eigenvalue weighted by Crippen LogP contribution is -2.28. The van der Waals surface area contributed by atoms with Crippen molar-refractivity contribution in [2.24, 2.45) is 17.8 Å². The number of cyclic esters (lactones) is 1. The van der Waals surface area contributed by atoms with Gasteiger partial charge in [-0.1, -0.05) is 85.1 Å². The van der Waals surface area contributed by atoms with E-state index in [9.17, 15) is 30.0 Å². The summed E-state index contributed by atoms with van der Waals surface area (Å²) >= 11 is 0. The van der Waals surface area contributed by atoms with Gasteiger partial charge in [0.2, 0.25) is 0 Å². The lowest BCUT2D eigenvalue weighted by molar-refractivity contribution is -0.152. The minimum atomic E-state index is -0.614. The van der Waals surface area contributed by atoms with Gasteiger partial charge < -0.3 is 29.9 Å². The Kier molecular flexibility index (Phi) is 21.4. The van der Waals surface area contributed by atoms with E-state index in [2.05, 4.69) is 26.8 Å². The van der Waals surface area contributed by atoms with Crippen molar-refractivity contribution in [3.05, 3.63) is 70.4 Å². The number of carbonyl (C=O) groups is 2. The van der Waals surface area contributed by atoms with Gasteiger partial charge in [0.25, 0.3) is 0 Å². The summed E-state index contributed by atoms with van der Waals surface area (Å²) in [5.41, 5.74) is 5.18. The largest absolute Gasteiger partial charge is 0.462 e. The SMILES string of the molecule is CC(=C/C(C)=C/C(C)=C/C[C@H](O)C[C@@H](C)O)/C=C/C(=O)OC1CCCC(=O)O[C@@H]([C@@H](C)C/C(C)=C/[C@@H](C)[C@H](O)C[C@@H](C)O)C/C=C(\C)C[C@@H]1C. The molecule has 8 heteroatoms. The zero-order valence-electron chi connectivity index (χ0n) is 32.5. The average molecular weight is 701 g/mol. The van der Waals surface area contributed by atoms with Gasteiger partial charge in [-0.15, -0.1) is 0 Å². The quantitative estimate of drug-likeness (QED) is 0.0551. The van der Waals surface area contributed by atoms with Crippen molar-refractivity contribution in [1.82, 2.24) is 0 Å². The number of hydrogen-bond acceptors (Lipinski definition) is 8. The number of esters is 2. The predicted molar refractivity (Wildman–Crippen MR) is 202 cm³/mol. The van der Waals surface area contributed by atoms with Crippen molar-refractivity contribution in [3.63, 3.8) is 0 Å². The molecular weight excluding hydrogens is 632 g/mol. The molecule has 1 aliphatic rings. The number of allylic oxidation sites excluding steroid dienone is 8. The van der Waals surface area contributed by atoms with E-state index in [0.29, 0.717) is 38.5 Å². The van der Waals surface area contributed by atoms with Crippen molar-refractivity contribution in [3.8, 4) is 0 Å². The topological polar surface area (TPSA) is 134 Å². The fraction of sp³-hybridized carbons (Fsp3) is 0.667. The maximum Gasteiger partial charge on any atom is 0.331 e. The summed E-state index contributed by atoms with van der Waals surface area (Å²) in [5.74, 6) is -0.598. The van der Waals surface area contributed by atoms with Gasteiger partial charge in [0.15, 0.2) is 0 Å². The van der Waals surface area contributed by atoms with Gasteiger partial charge in [0.05, 0.1) is 24.4 Å². The Morgan fingerprint density at radius 3 is 2.24 bits per heavy atom. The number of aliphatic hydroxyl groups is 4. The first-order valence-electron chi connectivity index (χ1n) is 18.5. The van der Waals surface area contributed by atoms with Crippen molar-refractivity contribution >= 4 is 11.9 Å². The maximum absolute atomic E-state index is 12.9. The van der Waals surface area contributed by atoms with Crippen LogP contribution in [-0.2, 0) is 19.1 Å². The normalized spacial score (nSPS) is 25.7. The smallest absolute Gasteiger partial charge is 0.331 e. The van der Waals surface area contributed by atoms with Crippen molar-refractivity contribution in [1.29, 1.82) is 0 Å². The minimum Gasteiger partial charge on any atom is -0.462 e. The van der Waals surface area contributed by atoms with Gasteiger partial charge in [0.1, 0.15) is 12.2 Å². The van der Waals surface area contributed by atoms with Crippen LogP contribution in [0.2, 0.25) is 0 Å². The number of aliphatic hydroxyl groups excluding tert-OH is 4. The summed E-state index contributed by atoms with van der Waals surface area (Å²) in [7, 11) is 0. The molecule has 0 radical (unpaired) electrons. The average Bonchev–Trinajstić information content (AvgIpc) is 2.99. The minimum absolute atomic E-state index is 0.0744. The van der Waals surface area contributed by atoms with E-state index in [1.54, 1.807) is 19.9 Å². The zero-order chi connectivity index (χ0) is 38.0. The van der Waals surface area contributed by atoms with Crippen LogP contribution in [0.25, 0.3) is 0 Å². The first-order valence-corrected chi connectivity index (χ1v) is 18.5. The monoisotopic (exact) mass is 700 g/mol. The summed E-state index contributed by atoms with van der Waals surface area (Å²) in [4.78, 5) is 25.8. The molecule has 0 aromatic rings. The highest BCUT2D eigenvalue weighted by Gasteiger charge is 2.26. The second-order valence-corrected chi connectivity index (χ2v) is 15.1. The van der Waals surface area contributed by atoms with Crippen LogP contribution < -0.4 is 0 Å². The Bertz CT molecular complexity index is 1230. The standard InChI is InChI=1S/C42H68O8/c1-27(14-17-37(45)25-35(9)43)20-30(4)21-28(2)16-19-42(48)49-39-12-11-13-41(47)50-40(18-15-29(3)22-33(39)7)34(8)24-31(5)23-32(6)38(46)26-36(10)44/h14-16,19-21,23,32-40,43-46H,11-13,17-18,22,24-26H2,1-10H3/b19-16+,27-14+,28-21-,29-15+,30-20+,31-23+/t32-,33+,34+,35-,36-,37+,38-,39?,40-/m1/s1. The van der Waals surface area contributed by atoms with Crippen molar-refractivity contribution in [2.75, 3.05) is 0 Å². The van der Waals surface area contributed by atoms with Crippen LogP contribution >= 0.6 is 0 Å². The molecule has 0 bridgehead atoms. The second-order valence-electron chi connectivity index (χ2n) is 15.1. The molecular formula is C42H68O8. The number of hydrogen-bond donors (Lipinski definition) is 4. The number of rotatable bonds is 16. The van der Waals surface area contributed by atoms with Crippen LogP contribution in [0, 0.1) is 17.8 Å². The molecule has 0 saturated heterocycles. The molecule has 4 N–H and O–H groups in total. The molecule has 0 aromatic carbocycles. The first-order chi connectivity index (χ1) is 23.4. The summed E-state index contributed by atoms with van der Waals surface area (Å²) in [5, 5.41) is 39.4. The Balaban J connectivity index is 2.87. The molecule has 0 amide bonds. The van der Waals surface area contributed by atoms with Crippen molar-refractivity contribution < 1.29 is 39.5 Å². The summed E-state index contributed by atoms with van der Waals surface area (Å²) in [6.07, 6.45) is 15.0. The third kappa shape index (κ3) is 20.2. The molecule has 1 rings (SSSR count). The molecule has 1 heterocycles. The Morgan fingerprint density at radius 2 is 1.60 bits per heavy atom. The van der Waals surface area contributed by atoms with Gasteiger partial charge >= 0.3 is 11.9 Å². The molecule has 9 atom stereocenters. The highest BCUT2D eigenvalue weighted by Crippen LogP contribution is 2.27. The number of ether oxygens (including phenoxy) is 2. The lowest BCUT2D eigenvalue weighted by Gasteiger charge is -2.27. The van der Waals surface area contributed by atoms with E-state index in [1.165, 1.54) is 6.08 Å². The van der Waals surface area contributed by atoms with E-state index in [0.717, 1.165) is 40.7 Å². The molecule has 284 valence electrons. The molecule has 8 nitrogen and oxygen atoms in total. The molecule has 0 spiro atoms. The lowest BCUT2D eigenvalue weighted by atomic mass is 9.89. The molecule has 50 heavy (non-hydrogen) atoms. The van der Waals surface area contributed by atoms with Crippen molar-refractivity contribution in [2.45, 2.75) is 164 Å². The van der Waals surface area contributed by atoms with Crippen LogP contribution in [0.1, 0.15) is 127 Å². The van der Waals surface area contributed by atoms with Gasteiger partial charge in [-0.2, -0.15) is 0 Å². The van der Waals surface area contributed by atoms with E-state index in [4.69, 9.17) is 9.47 Å². The van der Waals surface area contributed by atoms with E-state index >= 15 is 0 Å². The molecule has 1 aliphatic heterocycles. The van der Waals surface area contributed by atoms with Gasteiger partial charge in [-0.25, -0.2) is 4.79 Å². The van der Waals surface area contributed by atoms with Crippen LogP contribution in [0.5, 0.6) is 0 Å². The van der Waals surface area contributed by atoms with Crippen LogP contribution in [0.3, 0.4) is 0 Å². The van der Waals surface area contributed by atoms with Crippen LogP contribution in [-0.4, -0.2) is 69.0 Å². The summed E-state index contributed by atoms with van der Waals surface area (Å²) < 4.78 is 11.9. The molecule has 0 saturated carbocycles. The van der Waals surface area contributed by atoms with Crippen LogP contribution in [0.15, 0.2) is 70.4 Å². The van der Waals surface area contributed by atoms with Gasteiger partial charge in [-0.05, 0) is 105 Å². The predicted octanol–water partition coefficient (Wildman–Crippen LogP) is 8.01.